The largest absolute Gasteiger partial charge is 0.373 e. The Morgan fingerprint density at radius 1 is 1.12 bits per heavy atom. The van der Waals surface area contributed by atoms with Crippen molar-refractivity contribution >= 4 is 21.0 Å². The maximum Gasteiger partial charge on any atom is 0.280 e. The van der Waals surface area contributed by atoms with Crippen molar-refractivity contribution in [3.63, 3.8) is 0 Å². The van der Waals surface area contributed by atoms with E-state index in [0.717, 1.165) is 12.1 Å². The van der Waals surface area contributed by atoms with Crippen LogP contribution >= 0.6 is 9.84 Å². The zero-order valence-corrected chi connectivity index (χ0v) is 18.9. The van der Waals surface area contributed by atoms with Crippen molar-refractivity contribution in [2.24, 2.45) is 7.05 Å². The maximum atomic E-state index is 13.6. The predicted molar refractivity (Wildman–Crippen MR) is 115 cm³/mol. The number of aromatic nitrogens is 6. The smallest absolute Gasteiger partial charge is 0.280 e. The highest BCUT2D eigenvalue weighted by atomic mass is 32.5. The average molecular weight is 500 g/mol. The summed E-state index contributed by atoms with van der Waals surface area (Å²) in [6, 6.07) is 3.93. The highest BCUT2D eigenvalue weighted by Gasteiger charge is 2.59. The van der Waals surface area contributed by atoms with E-state index in [-0.39, 0.29) is 36.8 Å². The molecule has 4 aromatic rings. The fourth-order valence-corrected chi connectivity index (χ4v) is 4.71. The summed E-state index contributed by atoms with van der Waals surface area (Å²) in [7, 11) is -6.53. The Hall–Kier alpha value is -3.26. The Morgan fingerprint density at radius 3 is 2.53 bits per heavy atom. The van der Waals surface area contributed by atoms with Crippen molar-refractivity contribution in [3.8, 4) is 0 Å². The van der Waals surface area contributed by atoms with E-state index in [1.54, 1.807) is 11.6 Å². The van der Waals surface area contributed by atoms with Crippen molar-refractivity contribution in [1.82, 2.24) is 29.2 Å². The Morgan fingerprint density at radius 2 is 1.82 bits per heavy atom. The normalized spacial score (nSPS) is 21.0. The molecule has 14 heteroatoms. The summed E-state index contributed by atoms with van der Waals surface area (Å²) in [5.74, 6) is 0.315. The molecule has 1 saturated heterocycles. The van der Waals surface area contributed by atoms with E-state index in [1.807, 2.05) is 0 Å². The van der Waals surface area contributed by atoms with E-state index in [4.69, 9.17) is 9.26 Å². The van der Waals surface area contributed by atoms with Crippen LogP contribution < -0.4 is 5.56 Å². The molecule has 0 amide bonds. The lowest BCUT2D eigenvalue weighted by Crippen LogP contribution is -2.22. The van der Waals surface area contributed by atoms with Crippen molar-refractivity contribution in [1.29, 1.82) is 0 Å². The molecule has 182 valence electrons. The van der Waals surface area contributed by atoms with Crippen LogP contribution in [0.2, 0.25) is 0 Å². The maximum absolute atomic E-state index is 13.6. The van der Waals surface area contributed by atoms with Gasteiger partial charge in [-0.05, 0) is 24.1 Å². The molecule has 1 aliphatic heterocycles. The minimum atomic E-state index is -8.23. The van der Waals surface area contributed by atoms with Gasteiger partial charge in [0, 0.05) is 13.0 Å². The van der Waals surface area contributed by atoms with Crippen molar-refractivity contribution in [3.05, 3.63) is 64.6 Å². The molecule has 34 heavy (non-hydrogen) atoms. The second kappa shape index (κ2) is 6.88. The van der Waals surface area contributed by atoms with Crippen LogP contribution in [0.3, 0.4) is 0 Å². The lowest BCUT2D eigenvalue weighted by Gasteiger charge is -2.46. The summed E-state index contributed by atoms with van der Waals surface area (Å²) in [6.45, 7) is 0.251. The summed E-state index contributed by atoms with van der Waals surface area (Å²) >= 11 is 0. The van der Waals surface area contributed by atoms with E-state index in [0.29, 0.717) is 29.0 Å². The molecule has 0 N–H and O–H groups in total. The quantitative estimate of drug-likeness (QED) is 0.379. The molecule has 1 fully saturated rings. The number of aryl methyl sites for hydroxylation is 1. The Bertz CT molecular complexity index is 1450. The van der Waals surface area contributed by atoms with Crippen molar-refractivity contribution in [2.45, 2.75) is 29.9 Å². The monoisotopic (exact) mass is 500 g/mol. The van der Waals surface area contributed by atoms with Gasteiger partial charge in [-0.3, -0.25) is 9.36 Å². The fraction of sp³-hybridized carbons (Fsp3) is 0.350. The number of hydrogen-bond acceptors (Lipinski definition) is 7. The summed E-state index contributed by atoms with van der Waals surface area (Å²) in [5, 5.41) is 3.97. The molecule has 5 rings (SSSR count). The van der Waals surface area contributed by atoms with Gasteiger partial charge in [-0.2, -0.15) is 4.98 Å². The highest BCUT2D eigenvalue weighted by molar-refractivity contribution is 8.49. The van der Waals surface area contributed by atoms with Crippen LogP contribution in [0.5, 0.6) is 0 Å². The number of imidazole rings is 1. The van der Waals surface area contributed by atoms with Gasteiger partial charge in [-0.15, -0.1) is 15.5 Å². The van der Waals surface area contributed by atoms with Crippen LogP contribution in [0, 0.1) is 0 Å². The van der Waals surface area contributed by atoms with Crippen LogP contribution in [0.25, 0.3) is 11.2 Å². The minimum Gasteiger partial charge on any atom is -0.373 e. The Kier molecular flexibility index (Phi) is 4.56. The van der Waals surface area contributed by atoms with Crippen LogP contribution in [-0.2, 0) is 18.3 Å². The molecule has 2 atom stereocenters. The van der Waals surface area contributed by atoms with Gasteiger partial charge in [-0.25, -0.2) is 9.97 Å². The number of hydrogen-bond donors (Lipinski definition) is 0. The van der Waals surface area contributed by atoms with Crippen LogP contribution in [-0.4, -0.2) is 42.1 Å². The first-order chi connectivity index (χ1) is 15.8. The second-order valence-electron chi connectivity index (χ2n) is 8.56. The van der Waals surface area contributed by atoms with Crippen LogP contribution in [0.1, 0.15) is 35.7 Å². The fourth-order valence-electron chi connectivity index (χ4n) is 3.89. The number of nitrogens with zero attached hydrogens (tertiary/aromatic N) is 6. The van der Waals surface area contributed by atoms with E-state index < -0.39 is 20.8 Å². The lowest BCUT2D eigenvalue weighted by molar-refractivity contribution is 0.110. The van der Waals surface area contributed by atoms with Gasteiger partial charge < -0.3 is 13.8 Å². The molecule has 0 unspecified atom stereocenters. The molecule has 1 aliphatic rings. The molecule has 0 spiro atoms. The SMILES string of the molecule is Cn1cnc2ncn(Cc3nc([C@@H]4CO[C@@H](c5ccc(S(C)(F)(F)(F)F)cc5)C4)no3)c(=O)c21. The number of halogens is 4. The predicted octanol–water partition coefficient (Wildman–Crippen LogP) is 4.21. The van der Waals surface area contributed by atoms with Gasteiger partial charge in [0.25, 0.3) is 5.56 Å². The third-order valence-corrected chi connectivity index (χ3v) is 7.15. The average Bonchev–Trinajstić information content (AvgIpc) is 3.49. The van der Waals surface area contributed by atoms with E-state index >= 15 is 0 Å². The van der Waals surface area contributed by atoms with Gasteiger partial charge in [0.1, 0.15) is 12.9 Å². The third-order valence-electron chi connectivity index (χ3n) is 5.70. The molecule has 4 heterocycles. The number of rotatable bonds is 5. The lowest BCUT2D eigenvalue weighted by atomic mass is 10.0. The van der Waals surface area contributed by atoms with Gasteiger partial charge in [0.2, 0.25) is 5.89 Å². The summed E-state index contributed by atoms with van der Waals surface area (Å²) < 4.78 is 68.2. The zero-order chi connectivity index (χ0) is 24.4. The standard InChI is InChI=1S/C20H20F4N6O3S/c1-29-10-25-19-17(29)20(31)30(11-26-19)8-16-27-18(28-33-16)13-7-15(32-9-13)12-3-5-14(6-4-12)34(2,21,22,23)24/h3-6,10-11,13,15H,7-9H2,1-2H3/t13-,15+/m0/s1. The van der Waals surface area contributed by atoms with Gasteiger partial charge in [0.15, 0.2) is 26.8 Å². The minimum absolute atomic E-state index is 0.0145. The van der Waals surface area contributed by atoms with Gasteiger partial charge in [-0.1, -0.05) is 17.3 Å². The summed E-state index contributed by atoms with van der Waals surface area (Å²) in [6.07, 6.45) is 2.47. The third kappa shape index (κ3) is 4.18. The van der Waals surface area contributed by atoms with Gasteiger partial charge in [0.05, 0.1) is 30.2 Å². The Balaban J connectivity index is 1.29. The van der Waals surface area contributed by atoms with Crippen molar-refractivity contribution in [2.75, 3.05) is 12.9 Å². The molecule has 0 bridgehead atoms. The topological polar surface area (TPSA) is 101 Å². The molecular weight excluding hydrogens is 480 g/mol. The van der Waals surface area contributed by atoms with E-state index in [2.05, 4.69) is 20.1 Å². The number of fused-ring (bicyclic) bond motifs is 1. The van der Waals surface area contributed by atoms with E-state index in [1.165, 1.54) is 29.4 Å². The van der Waals surface area contributed by atoms with Crippen LogP contribution in [0.4, 0.5) is 15.5 Å². The van der Waals surface area contributed by atoms with Gasteiger partial charge >= 0.3 is 0 Å². The summed E-state index contributed by atoms with van der Waals surface area (Å²) in [5.41, 5.74) is 0.882. The molecule has 9 nitrogen and oxygen atoms in total. The molecule has 0 aliphatic carbocycles. The molecular formula is C20H20F4N6O3S. The first kappa shape index (κ1) is 22.5. The highest BCUT2D eigenvalue weighted by Crippen LogP contribution is 2.98. The van der Waals surface area contributed by atoms with E-state index in [9.17, 15) is 20.3 Å². The molecule has 0 radical (unpaired) electrons. The second-order valence-corrected chi connectivity index (χ2v) is 12.0. The molecule has 1 aromatic carbocycles. The molecule has 0 saturated carbocycles. The number of benzene rings is 1. The zero-order valence-electron chi connectivity index (χ0n) is 18.1. The first-order valence-electron chi connectivity index (χ1n) is 10.2. The summed E-state index contributed by atoms with van der Waals surface area (Å²) in [4.78, 5) is 23.9. The van der Waals surface area contributed by atoms with Crippen molar-refractivity contribution < 1.29 is 24.8 Å². The van der Waals surface area contributed by atoms with Crippen LogP contribution in [0.15, 0.2) is 51.1 Å². The number of ether oxygens (including phenoxy) is 1. The first-order valence-corrected chi connectivity index (χ1v) is 12.6. The Labute approximate surface area is 189 Å². The molecule has 3 aromatic heterocycles.